The second-order valence-corrected chi connectivity index (χ2v) is 7.47. The molecular weight excluding hydrogens is 360 g/mol. The number of thiazole rings is 1. The summed E-state index contributed by atoms with van der Waals surface area (Å²) in [7, 11) is 1.87. The molecule has 0 saturated heterocycles. The monoisotopic (exact) mass is 382 g/mol. The second-order valence-electron chi connectivity index (χ2n) is 6.46. The van der Waals surface area contributed by atoms with E-state index in [4.69, 9.17) is 4.74 Å². The summed E-state index contributed by atoms with van der Waals surface area (Å²) in [5.41, 5.74) is 4.63. The van der Waals surface area contributed by atoms with Crippen molar-refractivity contribution in [2.24, 2.45) is 12.0 Å². The van der Waals surface area contributed by atoms with Crippen molar-refractivity contribution < 1.29 is 14.3 Å². The quantitative estimate of drug-likeness (QED) is 0.647. The van der Waals surface area contributed by atoms with Crippen LogP contribution in [-0.2, 0) is 23.0 Å². The van der Waals surface area contributed by atoms with Gasteiger partial charge in [0.1, 0.15) is 0 Å². The minimum absolute atomic E-state index is 0.184. The molecule has 0 aliphatic rings. The number of carbonyl (C=O) groups is 2. The Morgan fingerprint density at radius 3 is 2.67 bits per heavy atom. The van der Waals surface area contributed by atoms with Crippen molar-refractivity contribution in [2.45, 2.75) is 27.2 Å². The van der Waals surface area contributed by atoms with Gasteiger partial charge in [0.05, 0.1) is 28.8 Å². The number of hydrogen-bond acceptors (Lipinski definition) is 4. The number of fused-ring (bicyclic) bond motifs is 1. The molecule has 3 aromatic rings. The van der Waals surface area contributed by atoms with Crippen molar-refractivity contribution >= 4 is 33.4 Å². The van der Waals surface area contributed by atoms with E-state index >= 15 is 0 Å². The van der Waals surface area contributed by atoms with Gasteiger partial charge < -0.3 is 9.30 Å². The number of aryl methyl sites for hydroxylation is 3. The molecule has 1 heterocycles. The first kappa shape index (κ1) is 19.0. The van der Waals surface area contributed by atoms with Crippen LogP contribution in [0, 0.1) is 13.8 Å². The van der Waals surface area contributed by atoms with Crippen molar-refractivity contribution in [1.29, 1.82) is 0 Å². The smallest absolute Gasteiger partial charge is 0.338 e. The predicted molar refractivity (Wildman–Crippen MR) is 107 cm³/mol. The van der Waals surface area contributed by atoms with Crippen LogP contribution in [0.1, 0.15) is 34.0 Å². The van der Waals surface area contributed by atoms with Crippen molar-refractivity contribution in [2.75, 3.05) is 6.61 Å². The first-order valence-corrected chi connectivity index (χ1v) is 9.61. The minimum atomic E-state index is -0.347. The van der Waals surface area contributed by atoms with Crippen LogP contribution in [0.15, 0.2) is 41.4 Å². The van der Waals surface area contributed by atoms with E-state index in [1.165, 1.54) is 11.3 Å². The molecule has 5 nitrogen and oxygen atoms in total. The van der Waals surface area contributed by atoms with Crippen LogP contribution in [0.25, 0.3) is 10.2 Å². The third-order valence-corrected chi connectivity index (χ3v) is 5.48. The Kier molecular flexibility index (Phi) is 5.56. The van der Waals surface area contributed by atoms with Crippen LogP contribution in [0.4, 0.5) is 0 Å². The lowest BCUT2D eigenvalue weighted by molar-refractivity contribution is -0.117. The largest absolute Gasteiger partial charge is 0.462 e. The van der Waals surface area contributed by atoms with E-state index in [2.05, 4.69) is 4.99 Å². The Balaban J connectivity index is 1.93. The van der Waals surface area contributed by atoms with Crippen molar-refractivity contribution in [3.63, 3.8) is 0 Å². The summed E-state index contributed by atoms with van der Waals surface area (Å²) in [6, 6.07) is 11.5. The summed E-state index contributed by atoms with van der Waals surface area (Å²) in [5.74, 6) is -0.531. The molecule has 140 valence electrons. The summed E-state index contributed by atoms with van der Waals surface area (Å²) in [4.78, 5) is 29.3. The first-order chi connectivity index (χ1) is 12.9. The van der Waals surface area contributed by atoms with Crippen LogP contribution < -0.4 is 4.80 Å². The van der Waals surface area contributed by atoms with Gasteiger partial charge in [-0.15, -0.1) is 0 Å². The molecule has 0 fully saturated rings. The van der Waals surface area contributed by atoms with Gasteiger partial charge >= 0.3 is 5.97 Å². The average molecular weight is 382 g/mol. The zero-order valence-corrected chi connectivity index (χ0v) is 16.7. The van der Waals surface area contributed by atoms with E-state index < -0.39 is 0 Å². The molecule has 0 N–H and O–H groups in total. The molecule has 0 bridgehead atoms. The van der Waals surface area contributed by atoms with Crippen molar-refractivity contribution in [3.05, 3.63) is 63.5 Å². The lowest BCUT2D eigenvalue weighted by Gasteiger charge is -2.04. The minimum Gasteiger partial charge on any atom is -0.462 e. The number of ether oxygens (including phenoxy) is 1. The third kappa shape index (κ3) is 4.17. The van der Waals surface area contributed by atoms with E-state index in [1.54, 1.807) is 19.1 Å². The molecule has 1 aromatic heterocycles. The predicted octanol–water partition coefficient (Wildman–Crippen LogP) is 3.70. The Hall–Kier alpha value is -2.73. The zero-order chi connectivity index (χ0) is 19.6. The molecule has 0 aliphatic heterocycles. The highest BCUT2D eigenvalue weighted by Gasteiger charge is 2.11. The van der Waals surface area contributed by atoms with Gasteiger partial charge in [-0.1, -0.05) is 35.1 Å². The number of benzene rings is 2. The topological polar surface area (TPSA) is 60.7 Å². The van der Waals surface area contributed by atoms with Crippen LogP contribution >= 0.6 is 11.3 Å². The molecule has 27 heavy (non-hydrogen) atoms. The van der Waals surface area contributed by atoms with Gasteiger partial charge in [-0.05, 0) is 50.1 Å². The summed E-state index contributed by atoms with van der Waals surface area (Å²) < 4.78 is 7.81. The number of rotatable bonds is 4. The number of nitrogens with zero attached hydrogens (tertiary/aromatic N) is 2. The van der Waals surface area contributed by atoms with E-state index in [-0.39, 0.29) is 18.3 Å². The molecule has 1 amide bonds. The van der Waals surface area contributed by atoms with Crippen molar-refractivity contribution in [1.82, 2.24) is 4.57 Å². The average Bonchev–Trinajstić information content (AvgIpc) is 2.93. The third-order valence-electron chi connectivity index (χ3n) is 4.39. The maximum atomic E-state index is 12.5. The molecule has 2 aromatic carbocycles. The van der Waals surface area contributed by atoms with Crippen LogP contribution in [0.2, 0.25) is 0 Å². The lowest BCUT2D eigenvalue weighted by atomic mass is 10.0. The van der Waals surface area contributed by atoms with Gasteiger partial charge in [0.15, 0.2) is 4.80 Å². The Labute approximate surface area is 161 Å². The molecule has 0 radical (unpaired) electrons. The normalized spacial score (nSPS) is 11.8. The van der Waals surface area contributed by atoms with Gasteiger partial charge in [0.25, 0.3) is 5.91 Å². The molecule has 3 rings (SSSR count). The van der Waals surface area contributed by atoms with E-state index in [1.807, 2.05) is 49.7 Å². The maximum Gasteiger partial charge on any atom is 0.338 e. The zero-order valence-electron chi connectivity index (χ0n) is 15.9. The molecule has 0 saturated carbocycles. The second kappa shape index (κ2) is 7.88. The van der Waals surface area contributed by atoms with E-state index in [9.17, 15) is 9.59 Å². The fourth-order valence-electron chi connectivity index (χ4n) is 2.88. The Bertz CT molecular complexity index is 1090. The number of hydrogen-bond donors (Lipinski definition) is 0. The SMILES string of the molecule is CCOC(=O)c1ccc2c(c1)sc(=NC(=O)Cc1cc(C)ccc1C)n2C. The van der Waals surface area contributed by atoms with Crippen LogP contribution in [0.3, 0.4) is 0 Å². The molecule has 0 spiro atoms. The fraction of sp³-hybridized carbons (Fsp3) is 0.286. The highest BCUT2D eigenvalue weighted by Crippen LogP contribution is 2.19. The molecule has 6 heteroatoms. The van der Waals surface area contributed by atoms with Gasteiger partial charge in [0, 0.05) is 7.05 Å². The number of aromatic nitrogens is 1. The van der Waals surface area contributed by atoms with E-state index in [0.29, 0.717) is 17.0 Å². The number of carbonyl (C=O) groups excluding carboxylic acids is 2. The summed E-state index contributed by atoms with van der Waals surface area (Å²) >= 11 is 1.39. The van der Waals surface area contributed by atoms with Crippen LogP contribution in [-0.4, -0.2) is 23.1 Å². The summed E-state index contributed by atoms with van der Waals surface area (Å²) in [5, 5.41) is 0. The lowest BCUT2D eigenvalue weighted by Crippen LogP contribution is -2.14. The molecule has 0 aliphatic carbocycles. The van der Waals surface area contributed by atoms with Crippen molar-refractivity contribution in [3.8, 4) is 0 Å². The number of esters is 1. The highest BCUT2D eigenvalue weighted by atomic mass is 32.1. The standard InChI is InChI=1S/C21H22N2O3S/c1-5-26-20(25)15-8-9-17-18(11-15)27-21(23(17)4)22-19(24)12-16-10-13(2)6-7-14(16)3/h6-11H,5,12H2,1-4H3. The molecule has 0 atom stereocenters. The van der Waals surface area contributed by atoms with Gasteiger partial charge in [-0.2, -0.15) is 4.99 Å². The van der Waals surface area contributed by atoms with Gasteiger partial charge in [-0.3, -0.25) is 4.79 Å². The Morgan fingerprint density at radius 1 is 1.15 bits per heavy atom. The summed E-state index contributed by atoms with van der Waals surface area (Å²) in [6.45, 7) is 6.12. The van der Waals surface area contributed by atoms with Gasteiger partial charge in [-0.25, -0.2) is 4.79 Å². The number of amides is 1. The molecular formula is C21H22N2O3S. The van der Waals surface area contributed by atoms with Gasteiger partial charge in [0.2, 0.25) is 0 Å². The summed E-state index contributed by atoms with van der Waals surface area (Å²) in [6.07, 6.45) is 0.274. The fourth-order valence-corrected chi connectivity index (χ4v) is 3.96. The molecule has 0 unspecified atom stereocenters. The highest BCUT2D eigenvalue weighted by molar-refractivity contribution is 7.16. The Morgan fingerprint density at radius 2 is 1.93 bits per heavy atom. The van der Waals surface area contributed by atoms with Crippen LogP contribution in [0.5, 0.6) is 0 Å². The maximum absolute atomic E-state index is 12.5. The first-order valence-electron chi connectivity index (χ1n) is 8.79. The van der Waals surface area contributed by atoms with E-state index in [0.717, 1.165) is 26.9 Å².